The normalized spacial score (nSPS) is 27.0. The average molecular weight is 282 g/mol. The van der Waals surface area contributed by atoms with Gasteiger partial charge in [0.1, 0.15) is 0 Å². The second-order valence-corrected chi connectivity index (χ2v) is 5.88. The lowest BCUT2D eigenvalue weighted by Crippen LogP contribution is -2.53. The van der Waals surface area contributed by atoms with E-state index in [1.807, 2.05) is 4.90 Å². The molecule has 2 heterocycles. The summed E-state index contributed by atoms with van der Waals surface area (Å²) in [6, 6.07) is 0.637. The Kier molecular flexibility index (Phi) is 5.40. The van der Waals surface area contributed by atoms with Crippen LogP contribution in [0.3, 0.4) is 0 Å². The molecule has 20 heavy (non-hydrogen) atoms. The lowest BCUT2D eigenvalue weighted by atomic mass is 9.84. The number of piperidine rings is 2. The molecule has 0 aliphatic carbocycles. The minimum absolute atomic E-state index is 0.102. The van der Waals surface area contributed by atoms with Gasteiger partial charge in [0.15, 0.2) is 0 Å². The number of hydrogen-bond donors (Lipinski definition) is 0. The maximum atomic E-state index is 12.2. The Balaban J connectivity index is 1.79. The van der Waals surface area contributed by atoms with Gasteiger partial charge in [0.05, 0.1) is 13.0 Å². The van der Waals surface area contributed by atoms with Crippen molar-refractivity contribution >= 4 is 11.9 Å². The summed E-state index contributed by atoms with van der Waals surface area (Å²) in [4.78, 5) is 27.9. The molecule has 2 unspecified atom stereocenters. The predicted molar refractivity (Wildman–Crippen MR) is 76.2 cm³/mol. The summed E-state index contributed by atoms with van der Waals surface area (Å²) < 4.78 is 4.86. The zero-order valence-electron chi connectivity index (χ0n) is 12.6. The van der Waals surface area contributed by atoms with E-state index in [-0.39, 0.29) is 24.7 Å². The molecule has 1 amide bonds. The Hall–Kier alpha value is -1.10. The fourth-order valence-corrected chi connectivity index (χ4v) is 3.48. The van der Waals surface area contributed by atoms with Gasteiger partial charge >= 0.3 is 5.97 Å². The van der Waals surface area contributed by atoms with E-state index >= 15 is 0 Å². The second kappa shape index (κ2) is 7.07. The minimum atomic E-state index is -0.270. The van der Waals surface area contributed by atoms with Crippen LogP contribution >= 0.6 is 0 Å². The van der Waals surface area contributed by atoms with Crippen LogP contribution in [0.25, 0.3) is 0 Å². The number of carbonyl (C=O) groups is 2. The van der Waals surface area contributed by atoms with Gasteiger partial charge in [-0.3, -0.25) is 9.59 Å². The number of rotatable bonds is 4. The molecule has 5 nitrogen and oxygen atoms in total. The molecule has 114 valence electrons. The van der Waals surface area contributed by atoms with Crippen molar-refractivity contribution in [2.24, 2.45) is 5.92 Å². The highest BCUT2D eigenvalue weighted by atomic mass is 16.5. The molecular weight excluding hydrogens is 256 g/mol. The second-order valence-electron chi connectivity index (χ2n) is 5.88. The van der Waals surface area contributed by atoms with Crippen LogP contribution in [0.4, 0.5) is 0 Å². The smallest absolute Gasteiger partial charge is 0.306 e. The number of esters is 1. The lowest BCUT2D eigenvalue weighted by Gasteiger charge is -2.46. The van der Waals surface area contributed by atoms with Crippen molar-refractivity contribution < 1.29 is 14.3 Å². The number of nitrogens with zero attached hydrogens (tertiary/aromatic N) is 2. The number of hydrogen-bond acceptors (Lipinski definition) is 4. The van der Waals surface area contributed by atoms with Crippen LogP contribution in [0.1, 0.15) is 39.0 Å². The summed E-state index contributed by atoms with van der Waals surface area (Å²) in [5, 5.41) is 0. The number of ether oxygens (including phenoxy) is 1. The summed E-state index contributed by atoms with van der Waals surface area (Å²) in [5.74, 6) is 0.437. The van der Waals surface area contributed by atoms with Gasteiger partial charge in [0, 0.05) is 25.6 Å². The number of fused-ring (bicyclic) bond motifs is 1. The quantitative estimate of drug-likeness (QED) is 0.729. The maximum Gasteiger partial charge on any atom is 0.306 e. The molecule has 2 rings (SSSR count). The van der Waals surface area contributed by atoms with Gasteiger partial charge in [-0.2, -0.15) is 0 Å². The van der Waals surface area contributed by atoms with Crippen molar-refractivity contribution in [2.45, 2.75) is 45.1 Å². The summed E-state index contributed by atoms with van der Waals surface area (Å²) in [6.45, 7) is 5.03. The van der Waals surface area contributed by atoms with Gasteiger partial charge in [-0.15, -0.1) is 0 Å². The number of amides is 1. The first-order valence-corrected chi connectivity index (χ1v) is 7.75. The van der Waals surface area contributed by atoms with Gasteiger partial charge < -0.3 is 14.5 Å². The van der Waals surface area contributed by atoms with Crippen molar-refractivity contribution in [3.8, 4) is 0 Å². The Morgan fingerprint density at radius 2 is 2.00 bits per heavy atom. The van der Waals surface area contributed by atoms with Gasteiger partial charge in [0.25, 0.3) is 0 Å². The van der Waals surface area contributed by atoms with E-state index in [4.69, 9.17) is 4.74 Å². The minimum Gasteiger partial charge on any atom is -0.466 e. The highest BCUT2D eigenvalue weighted by Gasteiger charge is 2.35. The van der Waals surface area contributed by atoms with Crippen molar-refractivity contribution in [2.75, 3.05) is 33.3 Å². The monoisotopic (exact) mass is 282 g/mol. The van der Waals surface area contributed by atoms with E-state index in [2.05, 4.69) is 11.9 Å². The molecule has 0 aromatic heterocycles. The average Bonchev–Trinajstić information content (AvgIpc) is 2.45. The zero-order chi connectivity index (χ0) is 14.5. The van der Waals surface area contributed by atoms with E-state index in [1.54, 1.807) is 6.92 Å². The molecule has 0 spiro atoms. The fraction of sp³-hybridized carbons (Fsp3) is 0.867. The molecule has 0 aromatic rings. The summed E-state index contributed by atoms with van der Waals surface area (Å²) in [6.07, 6.45) is 3.99. The molecule has 5 heteroatoms. The molecule has 2 fully saturated rings. The third-order valence-corrected chi connectivity index (χ3v) is 4.55. The lowest BCUT2D eigenvalue weighted by molar-refractivity contribution is -0.146. The van der Waals surface area contributed by atoms with Crippen LogP contribution in [0.2, 0.25) is 0 Å². The van der Waals surface area contributed by atoms with Crippen LogP contribution in [0.15, 0.2) is 0 Å². The molecule has 2 aliphatic heterocycles. The zero-order valence-corrected chi connectivity index (χ0v) is 12.6. The molecular formula is C15H26N2O3. The first kappa shape index (κ1) is 15.3. The van der Waals surface area contributed by atoms with Crippen LogP contribution < -0.4 is 0 Å². The van der Waals surface area contributed by atoms with E-state index in [0.29, 0.717) is 18.6 Å². The predicted octanol–water partition coefficient (Wildman–Crippen LogP) is 1.27. The topological polar surface area (TPSA) is 49.9 Å². The molecule has 2 aliphatic rings. The van der Waals surface area contributed by atoms with Crippen LogP contribution in [-0.2, 0) is 14.3 Å². The first-order chi connectivity index (χ1) is 9.61. The molecule has 2 atom stereocenters. The van der Waals surface area contributed by atoms with E-state index in [9.17, 15) is 9.59 Å². The third kappa shape index (κ3) is 3.72. The highest BCUT2D eigenvalue weighted by Crippen LogP contribution is 2.29. The van der Waals surface area contributed by atoms with E-state index < -0.39 is 0 Å². The molecule has 0 bridgehead atoms. The first-order valence-electron chi connectivity index (χ1n) is 7.75. The van der Waals surface area contributed by atoms with Gasteiger partial charge in [0.2, 0.25) is 5.91 Å². The van der Waals surface area contributed by atoms with Crippen LogP contribution in [0, 0.1) is 5.92 Å². The van der Waals surface area contributed by atoms with E-state index in [0.717, 1.165) is 19.5 Å². The number of likely N-dealkylation sites (tertiary alicyclic amines) is 2. The molecule has 2 saturated heterocycles. The van der Waals surface area contributed by atoms with Gasteiger partial charge in [-0.1, -0.05) is 0 Å². The Morgan fingerprint density at radius 1 is 1.20 bits per heavy atom. The standard InChI is InChI=1S/C15H26N2O3/c1-3-20-15(19)7-6-14(18)17-10-8-13-12(11-17)5-4-9-16(13)2/h12-13H,3-11H2,1-2H3. The Morgan fingerprint density at radius 3 is 2.75 bits per heavy atom. The van der Waals surface area contributed by atoms with Crippen molar-refractivity contribution in [1.82, 2.24) is 9.80 Å². The molecule has 0 radical (unpaired) electrons. The van der Waals surface area contributed by atoms with Crippen molar-refractivity contribution in [1.29, 1.82) is 0 Å². The van der Waals surface area contributed by atoms with Gasteiger partial charge in [-0.05, 0) is 45.7 Å². The van der Waals surface area contributed by atoms with E-state index in [1.165, 1.54) is 19.4 Å². The summed E-state index contributed by atoms with van der Waals surface area (Å²) >= 11 is 0. The fourth-order valence-electron chi connectivity index (χ4n) is 3.48. The molecule has 0 N–H and O–H groups in total. The summed E-state index contributed by atoms with van der Waals surface area (Å²) in [5.41, 5.74) is 0. The van der Waals surface area contributed by atoms with Crippen molar-refractivity contribution in [3.63, 3.8) is 0 Å². The SMILES string of the molecule is CCOC(=O)CCC(=O)N1CCC2C(CCCN2C)C1. The molecule has 0 aromatic carbocycles. The largest absolute Gasteiger partial charge is 0.466 e. The summed E-state index contributed by atoms with van der Waals surface area (Å²) in [7, 11) is 2.19. The van der Waals surface area contributed by atoms with Crippen molar-refractivity contribution in [3.05, 3.63) is 0 Å². The number of carbonyl (C=O) groups excluding carboxylic acids is 2. The van der Waals surface area contributed by atoms with Crippen LogP contribution in [0.5, 0.6) is 0 Å². The van der Waals surface area contributed by atoms with Gasteiger partial charge in [-0.25, -0.2) is 0 Å². The molecule has 0 saturated carbocycles. The maximum absolute atomic E-state index is 12.2. The Bertz CT molecular complexity index is 359. The Labute approximate surface area is 121 Å². The third-order valence-electron chi connectivity index (χ3n) is 4.55. The van der Waals surface area contributed by atoms with Crippen LogP contribution in [-0.4, -0.2) is 61.0 Å². The highest BCUT2D eigenvalue weighted by molar-refractivity contribution is 5.81.